The van der Waals surface area contributed by atoms with E-state index in [2.05, 4.69) is 0 Å². The zero-order valence-electron chi connectivity index (χ0n) is 15.4. The standard InChI is InChI=1S/C22H20N2O2S2/c1-17-12-14-20(15-13-17)28(25,26)23-16-21(18-8-4-2-5-9-18)24(22(23)27)19-10-6-3-7-11-19/h2-15,21H,16H2,1H3. The zero-order valence-corrected chi connectivity index (χ0v) is 17.0. The Morgan fingerprint density at radius 2 is 1.43 bits per heavy atom. The summed E-state index contributed by atoms with van der Waals surface area (Å²) in [7, 11) is -3.74. The van der Waals surface area contributed by atoms with Crippen LogP contribution in [0.15, 0.2) is 89.8 Å². The molecule has 0 amide bonds. The van der Waals surface area contributed by atoms with Crippen molar-refractivity contribution in [2.24, 2.45) is 0 Å². The average Bonchev–Trinajstić information content (AvgIpc) is 3.07. The molecule has 1 aliphatic heterocycles. The van der Waals surface area contributed by atoms with Gasteiger partial charge in [0.15, 0.2) is 5.11 Å². The zero-order chi connectivity index (χ0) is 19.7. The molecule has 1 fully saturated rings. The Hall–Kier alpha value is -2.70. The molecule has 1 unspecified atom stereocenters. The third-order valence-corrected chi connectivity index (χ3v) is 7.20. The Morgan fingerprint density at radius 3 is 2.04 bits per heavy atom. The molecular weight excluding hydrogens is 388 g/mol. The van der Waals surface area contributed by atoms with Crippen molar-refractivity contribution in [1.82, 2.24) is 4.31 Å². The highest BCUT2D eigenvalue weighted by Gasteiger charge is 2.42. The van der Waals surface area contributed by atoms with E-state index < -0.39 is 10.0 Å². The third-order valence-electron chi connectivity index (χ3n) is 4.90. The lowest BCUT2D eigenvalue weighted by molar-refractivity contribution is 0.527. The van der Waals surface area contributed by atoms with E-state index in [0.29, 0.717) is 5.11 Å². The number of nitrogens with zero attached hydrogens (tertiary/aromatic N) is 2. The molecular formula is C22H20N2O2S2. The van der Waals surface area contributed by atoms with E-state index in [-0.39, 0.29) is 17.5 Å². The average molecular weight is 409 g/mol. The predicted molar refractivity (Wildman–Crippen MR) is 116 cm³/mol. The summed E-state index contributed by atoms with van der Waals surface area (Å²) >= 11 is 5.67. The van der Waals surface area contributed by atoms with E-state index in [1.54, 1.807) is 24.3 Å². The van der Waals surface area contributed by atoms with Crippen molar-refractivity contribution in [2.45, 2.75) is 17.9 Å². The highest BCUT2D eigenvalue weighted by Crippen LogP contribution is 2.37. The van der Waals surface area contributed by atoms with Gasteiger partial charge in [0.1, 0.15) is 0 Å². The third kappa shape index (κ3) is 3.30. The Labute approximate surface area is 171 Å². The van der Waals surface area contributed by atoms with Gasteiger partial charge < -0.3 is 4.90 Å². The molecule has 0 radical (unpaired) electrons. The topological polar surface area (TPSA) is 40.6 Å². The highest BCUT2D eigenvalue weighted by molar-refractivity contribution is 7.91. The Bertz CT molecular complexity index is 1080. The number of sulfonamides is 1. The first-order chi connectivity index (χ1) is 13.5. The second kappa shape index (κ2) is 7.37. The van der Waals surface area contributed by atoms with Gasteiger partial charge in [-0.3, -0.25) is 0 Å². The first-order valence-electron chi connectivity index (χ1n) is 9.01. The SMILES string of the molecule is Cc1ccc(S(=O)(=O)N2CC(c3ccccc3)N(c3ccccc3)C2=S)cc1. The first kappa shape index (κ1) is 18.7. The monoisotopic (exact) mass is 408 g/mol. The minimum absolute atomic E-state index is 0.184. The van der Waals surface area contributed by atoms with E-state index in [9.17, 15) is 8.42 Å². The molecule has 0 saturated carbocycles. The van der Waals surface area contributed by atoms with Crippen molar-refractivity contribution in [1.29, 1.82) is 0 Å². The molecule has 1 heterocycles. The minimum atomic E-state index is -3.74. The van der Waals surface area contributed by atoms with Gasteiger partial charge in [0.25, 0.3) is 10.0 Å². The van der Waals surface area contributed by atoms with Gasteiger partial charge >= 0.3 is 0 Å². The lowest BCUT2D eigenvalue weighted by atomic mass is 10.1. The maximum absolute atomic E-state index is 13.3. The molecule has 0 aliphatic carbocycles. The molecule has 4 rings (SSSR count). The summed E-state index contributed by atoms with van der Waals surface area (Å²) in [5.41, 5.74) is 2.91. The summed E-state index contributed by atoms with van der Waals surface area (Å²) in [5, 5.41) is 0.292. The molecule has 0 N–H and O–H groups in total. The fourth-order valence-corrected chi connectivity index (χ4v) is 5.38. The van der Waals surface area contributed by atoms with Crippen molar-refractivity contribution < 1.29 is 8.42 Å². The maximum Gasteiger partial charge on any atom is 0.266 e. The second-order valence-corrected chi connectivity index (χ2v) is 8.99. The molecule has 0 aromatic heterocycles. The van der Waals surface area contributed by atoms with Gasteiger partial charge in [-0.05, 0) is 49.0 Å². The maximum atomic E-state index is 13.3. The van der Waals surface area contributed by atoms with E-state index in [0.717, 1.165) is 16.8 Å². The van der Waals surface area contributed by atoms with Gasteiger partial charge in [-0.15, -0.1) is 0 Å². The molecule has 6 heteroatoms. The summed E-state index contributed by atoms with van der Waals surface area (Å²) in [6, 6.07) is 26.2. The first-order valence-corrected chi connectivity index (χ1v) is 10.9. The molecule has 142 valence electrons. The summed E-state index contributed by atoms with van der Waals surface area (Å²) in [5.74, 6) is 0. The predicted octanol–water partition coefficient (Wildman–Crippen LogP) is 4.53. The number of thiocarbonyl (C=S) groups is 1. The van der Waals surface area contributed by atoms with Crippen molar-refractivity contribution in [2.75, 3.05) is 11.4 Å². The Balaban J connectivity index is 1.78. The van der Waals surface area contributed by atoms with Gasteiger partial charge in [-0.1, -0.05) is 66.2 Å². The molecule has 28 heavy (non-hydrogen) atoms. The molecule has 3 aromatic rings. The van der Waals surface area contributed by atoms with Crippen LogP contribution in [-0.2, 0) is 10.0 Å². The van der Waals surface area contributed by atoms with Crippen molar-refractivity contribution in [3.63, 3.8) is 0 Å². The molecule has 4 nitrogen and oxygen atoms in total. The van der Waals surface area contributed by atoms with Crippen molar-refractivity contribution >= 4 is 33.0 Å². The van der Waals surface area contributed by atoms with Crippen LogP contribution in [0, 0.1) is 6.92 Å². The van der Waals surface area contributed by atoms with Gasteiger partial charge in [0, 0.05) is 5.69 Å². The Morgan fingerprint density at radius 1 is 0.857 bits per heavy atom. The van der Waals surface area contributed by atoms with Gasteiger partial charge in [0.05, 0.1) is 17.5 Å². The van der Waals surface area contributed by atoms with E-state index in [4.69, 9.17) is 12.2 Å². The summed E-state index contributed by atoms with van der Waals surface area (Å²) < 4.78 is 28.0. The minimum Gasteiger partial charge on any atom is -0.309 e. The lowest BCUT2D eigenvalue weighted by Gasteiger charge is -2.25. The molecule has 0 spiro atoms. The molecule has 3 aromatic carbocycles. The quantitative estimate of drug-likeness (QED) is 0.595. The summed E-state index contributed by atoms with van der Waals surface area (Å²) in [4.78, 5) is 2.18. The smallest absolute Gasteiger partial charge is 0.266 e. The van der Waals surface area contributed by atoms with Crippen LogP contribution >= 0.6 is 12.2 Å². The number of hydrogen-bond acceptors (Lipinski definition) is 3. The van der Waals surface area contributed by atoms with Crippen LogP contribution in [-0.4, -0.2) is 24.4 Å². The van der Waals surface area contributed by atoms with Gasteiger partial charge in [0.2, 0.25) is 0 Å². The lowest BCUT2D eigenvalue weighted by Crippen LogP contribution is -2.36. The van der Waals surface area contributed by atoms with Crippen LogP contribution in [0.1, 0.15) is 17.2 Å². The highest BCUT2D eigenvalue weighted by atomic mass is 32.2. The number of benzene rings is 3. The van der Waals surface area contributed by atoms with Crippen LogP contribution < -0.4 is 4.90 Å². The normalized spacial score (nSPS) is 17.2. The second-order valence-electron chi connectivity index (χ2n) is 6.76. The number of aryl methyl sites for hydroxylation is 1. The van der Waals surface area contributed by atoms with Crippen LogP contribution in [0.5, 0.6) is 0 Å². The number of hydrogen-bond donors (Lipinski definition) is 0. The molecule has 1 aliphatic rings. The summed E-state index contributed by atoms with van der Waals surface area (Å²) in [6.45, 7) is 2.20. The molecule has 1 saturated heterocycles. The molecule has 0 bridgehead atoms. The number of para-hydroxylation sites is 1. The Kier molecular flexibility index (Phi) is 4.91. The fourth-order valence-electron chi connectivity index (χ4n) is 3.42. The number of anilines is 1. The fraction of sp³-hybridized carbons (Fsp3) is 0.136. The van der Waals surface area contributed by atoms with E-state index >= 15 is 0 Å². The van der Waals surface area contributed by atoms with Crippen molar-refractivity contribution in [3.05, 3.63) is 96.1 Å². The van der Waals surface area contributed by atoms with Crippen LogP contribution in [0.4, 0.5) is 5.69 Å². The van der Waals surface area contributed by atoms with E-state index in [1.807, 2.05) is 72.5 Å². The number of rotatable bonds is 4. The summed E-state index contributed by atoms with van der Waals surface area (Å²) in [6.07, 6.45) is 0. The van der Waals surface area contributed by atoms with Crippen molar-refractivity contribution in [3.8, 4) is 0 Å². The van der Waals surface area contributed by atoms with Gasteiger partial charge in [-0.25, -0.2) is 12.7 Å². The van der Waals surface area contributed by atoms with Crippen LogP contribution in [0.25, 0.3) is 0 Å². The van der Waals surface area contributed by atoms with E-state index in [1.165, 1.54) is 4.31 Å². The largest absolute Gasteiger partial charge is 0.309 e. The molecule has 1 atom stereocenters. The van der Waals surface area contributed by atoms with Crippen LogP contribution in [0.3, 0.4) is 0 Å². The van der Waals surface area contributed by atoms with Gasteiger partial charge in [-0.2, -0.15) is 0 Å². The van der Waals surface area contributed by atoms with Crippen LogP contribution in [0.2, 0.25) is 0 Å².